The number of nitrogens with zero attached hydrogens (tertiary/aromatic N) is 3. The lowest BCUT2D eigenvalue weighted by Gasteiger charge is -2.26. The van der Waals surface area contributed by atoms with Crippen molar-refractivity contribution in [2.45, 2.75) is 44.9 Å². The van der Waals surface area contributed by atoms with E-state index in [1.54, 1.807) is 23.1 Å². The third-order valence-electron chi connectivity index (χ3n) is 3.84. The summed E-state index contributed by atoms with van der Waals surface area (Å²) in [7, 11) is 0. The number of halogens is 1. The minimum atomic E-state index is -0.477. The summed E-state index contributed by atoms with van der Waals surface area (Å²) in [5, 5.41) is 9.34. The Hall–Kier alpha value is -2.64. The minimum absolute atomic E-state index is 0.110. The van der Waals surface area contributed by atoms with Crippen LogP contribution in [-0.2, 0) is 6.54 Å². The highest BCUT2D eigenvalue weighted by atomic mass is 19.1. The van der Waals surface area contributed by atoms with Crippen molar-refractivity contribution in [1.82, 2.24) is 20.1 Å². The molecular formula is C16H20FN5O2. The molecule has 1 aliphatic carbocycles. The highest BCUT2D eigenvalue weighted by Gasteiger charge is 2.20. The molecule has 0 saturated heterocycles. The van der Waals surface area contributed by atoms with Crippen molar-refractivity contribution in [3.63, 3.8) is 0 Å². The summed E-state index contributed by atoms with van der Waals surface area (Å²) in [6.07, 6.45) is 6.17. The van der Waals surface area contributed by atoms with Crippen LogP contribution in [0.4, 0.5) is 14.9 Å². The molecule has 1 saturated carbocycles. The Morgan fingerprint density at radius 2 is 2.33 bits per heavy atom. The first-order valence-electron chi connectivity index (χ1n) is 7.96. The predicted octanol–water partition coefficient (Wildman–Crippen LogP) is 2.56. The van der Waals surface area contributed by atoms with Crippen molar-refractivity contribution >= 4 is 11.7 Å². The number of carbonyl (C=O) groups excluding carboxylic acids is 1. The quantitative estimate of drug-likeness (QED) is 0.851. The molecule has 0 spiro atoms. The predicted molar refractivity (Wildman–Crippen MR) is 86.3 cm³/mol. The number of urea groups is 1. The number of rotatable bonds is 6. The van der Waals surface area contributed by atoms with Crippen LogP contribution in [0.25, 0.3) is 0 Å². The molecule has 1 aromatic heterocycles. The molecule has 7 nitrogen and oxygen atoms in total. The third kappa shape index (κ3) is 4.21. The van der Waals surface area contributed by atoms with Crippen LogP contribution in [0, 0.1) is 5.82 Å². The van der Waals surface area contributed by atoms with E-state index < -0.39 is 11.8 Å². The third-order valence-corrected chi connectivity index (χ3v) is 3.84. The lowest BCUT2D eigenvalue weighted by atomic mass is 9.96. The number of amides is 2. The summed E-state index contributed by atoms with van der Waals surface area (Å²) in [5.41, 5.74) is 0.374. The summed E-state index contributed by atoms with van der Waals surface area (Å²) in [6.45, 7) is 2.34. The van der Waals surface area contributed by atoms with Crippen LogP contribution in [0.1, 0.15) is 26.2 Å². The Bertz CT molecular complexity index is 688. The fourth-order valence-corrected chi connectivity index (χ4v) is 2.39. The average Bonchev–Trinajstić information content (AvgIpc) is 2.97. The van der Waals surface area contributed by atoms with Gasteiger partial charge in [-0.3, -0.25) is 4.68 Å². The van der Waals surface area contributed by atoms with Crippen LogP contribution in [0.15, 0.2) is 30.9 Å². The van der Waals surface area contributed by atoms with E-state index in [1.807, 2.05) is 6.92 Å². The molecule has 128 valence electrons. The number of ether oxygens (including phenoxy) is 1. The lowest BCUT2D eigenvalue weighted by Crippen LogP contribution is -2.38. The van der Waals surface area contributed by atoms with Gasteiger partial charge in [0.2, 0.25) is 0 Å². The van der Waals surface area contributed by atoms with Gasteiger partial charge in [-0.2, -0.15) is 5.10 Å². The van der Waals surface area contributed by atoms with E-state index >= 15 is 0 Å². The Morgan fingerprint density at radius 1 is 1.50 bits per heavy atom. The molecule has 0 aliphatic heterocycles. The van der Waals surface area contributed by atoms with Crippen molar-refractivity contribution in [3.8, 4) is 5.75 Å². The number of benzene rings is 1. The lowest BCUT2D eigenvalue weighted by molar-refractivity contribution is 0.115. The molecule has 3 rings (SSSR count). The number of hydrogen-bond donors (Lipinski definition) is 2. The van der Waals surface area contributed by atoms with E-state index in [-0.39, 0.29) is 17.9 Å². The summed E-state index contributed by atoms with van der Waals surface area (Å²) < 4.78 is 21.2. The maximum absolute atomic E-state index is 14.0. The van der Waals surface area contributed by atoms with E-state index in [9.17, 15) is 9.18 Å². The van der Waals surface area contributed by atoms with Gasteiger partial charge in [-0.25, -0.2) is 14.2 Å². The summed E-state index contributed by atoms with van der Waals surface area (Å²) >= 11 is 0. The summed E-state index contributed by atoms with van der Waals surface area (Å²) in [6, 6.07) is 3.86. The molecule has 8 heteroatoms. The van der Waals surface area contributed by atoms with Crippen LogP contribution in [-0.4, -0.2) is 32.9 Å². The van der Waals surface area contributed by atoms with Gasteiger partial charge in [0.25, 0.3) is 0 Å². The summed E-state index contributed by atoms with van der Waals surface area (Å²) in [5.74, 6) is -0.249. The molecule has 1 heterocycles. The summed E-state index contributed by atoms with van der Waals surface area (Å²) in [4.78, 5) is 15.8. The Kier molecular flexibility index (Phi) is 4.93. The molecule has 0 bridgehead atoms. The smallest absolute Gasteiger partial charge is 0.319 e. The van der Waals surface area contributed by atoms with Gasteiger partial charge >= 0.3 is 6.03 Å². The maximum Gasteiger partial charge on any atom is 0.319 e. The molecule has 24 heavy (non-hydrogen) atoms. The number of hydrogen-bond acceptors (Lipinski definition) is 4. The zero-order valence-electron chi connectivity index (χ0n) is 13.4. The van der Waals surface area contributed by atoms with Crippen molar-refractivity contribution in [2.24, 2.45) is 0 Å². The number of nitrogens with one attached hydrogen (secondary N) is 2. The zero-order valence-corrected chi connectivity index (χ0v) is 13.4. The Labute approximate surface area is 139 Å². The normalized spacial score (nSPS) is 15.4. The van der Waals surface area contributed by atoms with Gasteiger partial charge < -0.3 is 15.4 Å². The van der Waals surface area contributed by atoms with Crippen molar-refractivity contribution in [3.05, 3.63) is 36.7 Å². The zero-order chi connectivity index (χ0) is 16.9. The van der Waals surface area contributed by atoms with E-state index in [0.29, 0.717) is 12.2 Å². The molecule has 1 aromatic carbocycles. The Morgan fingerprint density at radius 3 is 2.96 bits per heavy atom. The molecular weight excluding hydrogens is 313 g/mol. The fraction of sp³-hybridized carbons (Fsp3) is 0.438. The second-order valence-electron chi connectivity index (χ2n) is 5.93. The molecule has 0 unspecified atom stereocenters. The van der Waals surface area contributed by atoms with Crippen LogP contribution in [0.2, 0.25) is 0 Å². The highest BCUT2D eigenvalue weighted by Crippen LogP contribution is 2.28. The first-order valence-corrected chi connectivity index (χ1v) is 7.96. The monoisotopic (exact) mass is 333 g/mol. The first-order chi connectivity index (χ1) is 11.6. The van der Waals surface area contributed by atoms with Gasteiger partial charge in [-0.15, -0.1) is 0 Å². The van der Waals surface area contributed by atoms with Gasteiger partial charge in [-0.1, -0.05) is 0 Å². The molecule has 1 atom stereocenters. The minimum Gasteiger partial charge on any atom is -0.487 e. The maximum atomic E-state index is 14.0. The van der Waals surface area contributed by atoms with Crippen molar-refractivity contribution < 1.29 is 13.9 Å². The molecule has 1 aliphatic rings. The Balaban J connectivity index is 1.51. The second kappa shape index (κ2) is 7.29. The van der Waals surface area contributed by atoms with Gasteiger partial charge in [0, 0.05) is 17.8 Å². The van der Waals surface area contributed by atoms with Crippen LogP contribution in [0.3, 0.4) is 0 Å². The van der Waals surface area contributed by atoms with Gasteiger partial charge in [0.1, 0.15) is 12.7 Å². The van der Waals surface area contributed by atoms with Crippen LogP contribution < -0.4 is 15.4 Å². The van der Waals surface area contributed by atoms with Crippen molar-refractivity contribution in [2.75, 3.05) is 5.32 Å². The first kappa shape index (κ1) is 16.2. The highest BCUT2D eigenvalue weighted by molar-refractivity contribution is 5.89. The SMILES string of the molecule is C[C@H](Cn1cncn1)NC(=O)Nc1ccc(OC2CCC2)c(F)c1. The molecule has 2 amide bonds. The van der Waals surface area contributed by atoms with Gasteiger partial charge in [0.05, 0.1) is 12.6 Å². The van der Waals surface area contributed by atoms with Crippen LogP contribution >= 0.6 is 0 Å². The number of anilines is 1. The van der Waals surface area contributed by atoms with Gasteiger partial charge in [-0.05, 0) is 38.3 Å². The fourth-order valence-electron chi connectivity index (χ4n) is 2.39. The molecule has 0 radical (unpaired) electrons. The van der Waals surface area contributed by atoms with Crippen molar-refractivity contribution in [1.29, 1.82) is 0 Å². The number of aromatic nitrogens is 3. The second-order valence-corrected chi connectivity index (χ2v) is 5.93. The van der Waals surface area contributed by atoms with E-state index in [0.717, 1.165) is 19.3 Å². The van der Waals surface area contributed by atoms with Gasteiger partial charge in [0.15, 0.2) is 11.6 Å². The number of carbonyl (C=O) groups is 1. The van der Waals surface area contributed by atoms with E-state index in [1.165, 1.54) is 12.4 Å². The topological polar surface area (TPSA) is 81.1 Å². The average molecular weight is 333 g/mol. The molecule has 1 fully saturated rings. The molecule has 2 aromatic rings. The standard InChI is InChI=1S/C16H20FN5O2/c1-11(8-22-10-18-9-19-22)20-16(23)21-12-5-6-15(14(17)7-12)24-13-3-2-4-13/h5-7,9-11,13H,2-4,8H2,1H3,(H2,20,21,23)/t11-/m1/s1. The van der Waals surface area contributed by atoms with E-state index in [4.69, 9.17) is 4.74 Å². The largest absolute Gasteiger partial charge is 0.487 e. The molecule has 2 N–H and O–H groups in total. The van der Waals surface area contributed by atoms with E-state index in [2.05, 4.69) is 20.7 Å². The van der Waals surface area contributed by atoms with Crippen LogP contribution in [0.5, 0.6) is 5.75 Å².